The van der Waals surface area contributed by atoms with Crippen LogP contribution in [-0.4, -0.2) is 23.9 Å². The van der Waals surface area contributed by atoms with Crippen LogP contribution in [-0.2, 0) is 6.54 Å². The molecule has 0 saturated carbocycles. The number of hydrogen-bond donors (Lipinski definition) is 1. The minimum absolute atomic E-state index is 0.230. The van der Waals surface area contributed by atoms with E-state index in [1.807, 2.05) is 24.3 Å². The lowest BCUT2D eigenvalue weighted by Gasteiger charge is -2.26. The van der Waals surface area contributed by atoms with Gasteiger partial charge < -0.3 is 5.32 Å². The molecule has 0 spiro atoms. The molecule has 1 aliphatic rings. The maximum absolute atomic E-state index is 13.3. The van der Waals surface area contributed by atoms with Crippen LogP contribution in [0.2, 0.25) is 0 Å². The number of benzene rings is 2. The Balaban J connectivity index is 1.59. The lowest BCUT2D eigenvalue weighted by Crippen LogP contribution is -2.29. The third-order valence-corrected chi connectivity index (χ3v) is 4.86. The molecule has 0 bridgehead atoms. The Labute approximate surface area is 153 Å². The van der Waals surface area contributed by atoms with Crippen LogP contribution in [0.25, 0.3) is 0 Å². The molecule has 138 valence electrons. The van der Waals surface area contributed by atoms with Crippen molar-refractivity contribution >= 4 is 5.91 Å². The summed E-state index contributed by atoms with van der Waals surface area (Å²) in [7, 11) is 0. The van der Waals surface area contributed by atoms with Gasteiger partial charge in [-0.3, -0.25) is 9.69 Å². The van der Waals surface area contributed by atoms with E-state index in [-0.39, 0.29) is 5.91 Å². The molecule has 1 saturated heterocycles. The molecule has 1 N–H and O–H groups in total. The van der Waals surface area contributed by atoms with Crippen LogP contribution < -0.4 is 5.32 Å². The minimum atomic E-state index is -0.911. The third kappa shape index (κ3) is 4.67. The normalized spacial score (nSPS) is 16.3. The highest BCUT2D eigenvalue weighted by molar-refractivity contribution is 5.94. The van der Waals surface area contributed by atoms with Crippen molar-refractivity contribution in [2.45, 2.75) is 38.8 Å². The number of hydrogen-bond acceptors (Lipinski definition) is 2. The van der Waals surface area contributed by atoms with Gasteiger partial charge in [0.15, 0.2) is 11.6 Å². The Morgan fingerprint density at radius 1 is 1.04 bits per heavy atom. The van der Waals surface area contributed by atoms with Crippen LogP contribution in [0.1, 0.15) is 53.7 Å². The van der Waals surface area contributed by atoms with Crippen LogP contribution >= 0.6 is 0 Å². The topological polar surface area (TPSA) is 32.3 Å². The minimum Gasteiger partial charge on any atom is -0.346 e. The molecular weight excluding hydrogens is 334 g/mol. The Kier molecular flexibility index (Phi) is 5.99. The summed E-state index contributed by atoms with van der Waals surface area (Å²) in [4.78, 5) is 14.8. The van der Waals surface area contributed by atoms with E-state index in [4.69, 9.17) is 0 Å². The second-order valence-corrected chi connectivity index (χ2v) is 6.90. The zero-order valence-corrected chi connectivity index (χ0v) is 15.0. The largest absolute Gasteiger partial charge is 0.346 e. The van der Waals surface area contributed by atoms with Crippen molar-refractivity contribution in [1.29, 1.82) is 0 Å². The number of nitrogens with zero attached hydrogens (tertiary/aromatic N) is 1. The van der Waals surface area contributed by atoms with Gasteiger partial charge in [-0.25, -0.2) is 8.78 Å². The van der Waals surface area contributed by atoms with Gasteiger partial charge in [-0.15, -0.1) is 0 Å². The first-order chi connectivity index (χ1) is 12.5. The fourth-order valence-corrected chi connectivity index (χ4v) is 3.28. The first-order valence-electron chi connectivity index (χ1n) is 9.10. The van der Waals surface area contributed by atoms with E-state index < -0.39 is 17.7 Å². The van der Waals surface area contributed by atoms with Crippen molar-refractivity contribution in [2.24, 2.45) is 0 Å². The summed E-state index contributed by atoms with van der Waals surface area (Å²) in [6.45, 7) is 4.92. The summed E-state index contributed by atoms with van der Waals surface area (Å²) in [5.74, 6) is -2.03. The molecule has 5 heteroatoms. The molecule has 1 atom stereocenters. The molecular formula is C21H24F2N2O. The van der Waals surface area contributed by atoms with Gasteiger partial charge in [-0.05, 0) is 68.2 Å². The zero-order valence-electron chi connectivity index (χ0n) is 15.0. The van der Waals surface area contributed by atoms with Gasteiger partial charge in [-0.2, -0.15) is 0 Å². The summed E-state index contributed by atoms with van der Waals surface area (Å²) in [6, 6.07) is 10.8. The fourth-order valence-electron chi connectivity index (χ4n) is 3.28. The van der Waals surface area contributed by atoms with E-state index >= 15 is 0 Å². The van der Waals surface area contributed by atoms with E-state index in [1.165, 1.54) is 30.9 Å². The number of carbonyl (C=O) groups excluding carboxylic acids is 1. The lowest BCUT2D eigenvalue weighted by molar-refractivity contribution is 0.0939. The van der Waals surface area contributed by atoms with Crippen molar-refractivity contribution in [3.63, 3.8) is 0 Å². The molecule has 0 unspecified atom stereocenters. The van der Waals surface area contributed by atoms with Gasteiger partial charge in [-0.1, -0.05) is 24.6 Å². The highest BCUT2D eigenvalue weighted by Crippen LogP contribution is 2.17. The average Bonchev–Trinajstić information content (AvgIpc) is 2.65. The van der Waals surface area contributed by atoms with Crippen LogP contribution in [0.15, 0.2) is 42.5 Å². The smallest absolute Gasteiger partial charge is 0.251 e. The van der Waals surface area contributed by atoms with E-state index in [0.717, 1.165) is 31.8 Å². The number of halogens is 2. The monoisotopic (exact) mass is 358 g/mol. The first kappa shape index (κ1) is 18.5. The first-order valence-corrected chi connectivity index (χ1v) is 9.10. The highest BCUT2D eigenvalue weighted by Gasteiger charge is 2.14. The molecule has 1 amide bonds. The van der Waals surface area contributed by atoms with Gasteiger partial charge >= 0.3 is 0 Å². The Morgan fingerprint density at radius 2 is 1.73 bits per heavy atom. The quantitative estimate of drug-likeness (QED) is 0.857. The predicted octanol–water partition coefficient (Wildman–Crippen LogP) is 4.44. The molecule has 1 heterocycles. The van der Waals surface area contributed by atoms with Crippen LogP contribution in [0.4, 0.5) is 8.78 Å². The van der Waals surface area contributed by atoms with E-state index in [0.29, 0.717) is 11.1 Å². The predicted molar refractivity (Wildman–Crippen MR) is 97.8 cm³/mol. The number of piperidine rings is 1. The molecule has 3 rings (SSSR count). The summed E-state index contributed by atoms with van der Waals surface area (Å²) in [6.07, 6.45) is 3.82. The number of amides is 1. The number of likely N-dealkylation sites (tertiary alicyclic amines) is 1. The standard InChI is InChI=1S/C21H24F2N2O/c1-15(18-9-10-19(22)20(23)13-18)24-21(26)17-7-5-16(6-8-17)14-25-11-3-2-4-12-25/h5-10,13,15H,2-4,11-12,14H2,1H3,(H,24,26)/t15-/m1/s1. The molecule has 2 aromatic rings. The van der Waals surface area contributed by atoms with Crippen LogP contribution in [0.3, 0.4) is 0 Å². The van der Waals surface area contributed by atoms with Crippen LogP contribution in [0, 0.1) is 11.6 Å². The molecule has 26 heavy (non-hydrogen) atoms. The van der Waals surface area contributed by atoms with Crippen molar-refractivity contribution < 1.29 is 13.6 Å². The van der Waals surface area contributed by atoms with Crippen molar-refractivity contribution in [3.05, 3.63) is 70.8 Å². The van der Waals surface area contributed by atoms with Gasteiger partial charge in [0.2, 0.25) is 0 Å². The molecule has 0 aromatic heterocycles. The van der Waals surface area contributed by atoms with E-state index in [2.05, 4.69) is 10.2 Å². The van der Waals surface area contributed by atoms with Gasteiger partial charge in [0.05, 0.1) is 6.04 Å². The van der Waals surface area contributed by atoms with Crippen molar-refractivity contribution in [1.82, 2.24) is 10.2 Å². The summed E-state index contributed by atoms with van der Waals surface area (Å²) < 4.78 is 26.4. The second-order valence-electron chi connectivity index (χ2n) is 6.90. The van der Waals surface area contributed by atoms with E-state index in [1.54, 1.807) is 6.92 Å². The van der Waals surface area contributed by atoms with E-state index in [9.17, 15) is 13.6 Å². The lowest BCUT2D eigenvalue weighted by atomic mass is 10.1. The summed E-state index contributed by atoms with van der Waals surface area (Å²) in [5, 5.41) is 2.82. The van der Waals surface area contributed by atoms with Gasteiger partial charge in [0, 0.05) is 12.1 Å². The van der Waals surface area contributed by atoms with Gasteiger partial charge in [0.25, 0.3) is 5.91 Å². The maximum Gasteiger partial charge on any atom is 0.251 e. The number of rotatable bonds is 5. The average molecular weight is 358 g/mol. The molecule has 1 fully saturated rings. The maximum atomic E-state index is 13.3. The fraction of sp³-hybridized carbons (Fsp3) is 0.381. The third-order valence-electron chi connectivity index (χ3n) is 4.86. The Hall–Kier alpha value is -2.27. The molecule has 0 aliphatic carbocycles. The number of carbonyl (C=O) groups is 1. The molecule has 2 aromatic carbocycles. The number of nitrogens with one attached hydrogen (secondary N) is 1. The van der Waals surface area contributed by atoms with Crippen molar-refractivity contribution in [2.75, 3.05) is 13.1 Å². The summed E-state index contributed by atoms with van der Waals surface area (Å²) >= 11 is 0. The second kappa shape index (κ2) is 8.41. The molecule has 0 radical (unpaired) electrons. The molecule has 3 nitrogen and oxygen atoms in total. The summed E-state index contributed by atoms with van der Waals surface area (Å²) in [5.41, 5.74) is 2.28. The zero-order chi connectivity index (χ0) is 18.5. The van der Waals surface area contributed by atoms with Gasteiger partial charge in [0.1, 0.15) is 0 Å². The van der Waals surface area contributed by atoms with Crippen molar-refractivity contribution in [3.8, 4) is 0 Å². The molecule has 1 aliphatic heterocycles. The van der Waals surface area contributed by atoms with Crippen LogP contribution in [0.5, 0.6) is 0 Å². The Bertz CT molecular complexity index is 755. The Morgan fingerprint density at radius 3 is 2.38 bits per heavy atom. The SMILES string of the molecule is C[C@@H](NC(=O)c1ccc(CN2CCCCC2)cc1)c1ccc(F)c(F)c1. The highest BCUT2D eigenvalue weighted by atomic mass is 19.2.